The van der Waals surface area contributed by atoms with Gasteiger partial charge in [-0.3, -0.25) is 4.57 Å². The minimum Gasteiger partial charge on any atom is -0.394 e. The highest BCUT2D eigenvalue weighted by Crippen LogP contribution is 2.27. The molecule has 0 spiro atoms. The second-order valence-electron chi connectivity index (χ2n) is 4.11. The largest absolute Gasteiger partial charge is 0.394 e. The predicted octanol–water partition coefficient (Wildman–Crippen LogP) is -1.23. The summed E-state index contributed by atoms with van der Waals surface area (Å²) in [6, 6.07) is 0. The van der Waals surface area contributed by atoms with Crippen LogP contribution in [0.25, 0.3) is 0 Å². The van der Waals surface area contributed by atoms with Crippen molar-refractivity contribution >= 4 is 5.82 Å². The molecular formula is C10H15N3O4. The molecule has 1 aromatic rings. The Hall–Kier alpha value is -1.44. The van der Waals surface area contributed by atoms with Crippen LogP contribution in [0.2, 0.25) is 0 Å². The third-order valence-electron chi connectivity index (χ3n) is 2.87. The highest BCUT2D eigenvalue weighted by Gasteiger charge is 2.35. The molecule has 17 heavy (non-hydrogen) atoms. The van der Waals surface area contributed by atoms with Gasteiger partial charge in [-0.2, -0.15) is 4.98 Å². The van der Waals surface area contributed by atoms with Gasteiger partial charge in [-0.15, -0.1) is 0 Å². The molecule has 0 radical (unpaired) electrons. The minimum absolute atomic E-state index is 0.184. The van der Waals surface area contributed by atoms with E-state index in [-0.39, 0.29) is 18.8 Å². The molecule has 0 unspecified atom stereocenters. The summed E-state index contributed by atoms with van der Waals surface area (Å²) in [6.07, 6.45) is -0.265. The van der Waals surface area contributed by atoms with E-state index in [1.54, 1.807) is 13.1 Å². The Morgan fingerprint density at radius 2 is 2.41 bits per heavy atom. The molecule has 2 rings (SSSR count). The van der Waals surface area contributed by atoms with Crippen molar-refractivity contribution in [3.05, 3.63) is 22.2 Å². The van der Waals surface area contributed by atoms with Crippen molar-refractivity contribution in [3.63, 3.8) is 0 Å². The molecule has 2 heterocycles. The number of hydrogen-bond acceptors (Lipinski definition) is 6. The number of nitrogens with two attached hydrogens (primary N) is 1. The summed E-state index contributed by atoms with van der Waals surface area (Å²) in [5.41, 5.74) is 5.65. The van der Waals surface area contributed by atoms with Crippen molar-refractivity contribution in [2.24, 2.45) is 0 Å². The molecule has 1 aliphatic heterocycles. The minimum atomic E-state index is -0.783. The van der Waals surface area contributed by atoms with E-state index in [2.05, 4.69) is 4.98 Å². The van der Waals surface area contributed by atoms with Crippen LogP contribution in [0.4, 0.5) is 5.82 Å². The number of aliphatic hydroxyl groups is 2. The van der Waals surface area contributed by atoms with Crippen LogP contribution in [0.1, 0.15) is 18.2 Å². The number of anilines is 1. The van der Waals surface area contributed by atoms with E-state index < -0.39 is 24.1 Å². The smallest absolute Gasteiger partial charge is 0.351 e. The lowest BCUT2D eigenvalue weighted by Gasteiger charge is -2.15. The van der Waals surface area contributed by atoms with Gasteiger partial charge >= 0.3 is 5.69 Å². The Bertz CT molecular complexity index is 473. The van der Waals surface area contributed by atoms with Crippen LogP contribution in [0.15, 0.2) is 11.0 Å². The maximum absolute atomic E-state index is 11.6. The van der Waals surface area contributed by atoms with Gasteiger partial charge in [0.05, 0.1) is 12.7 Å². The molecule has 1 fully saturated rings. The molecule has 4 N–H and O–H groups in total. The fourth-order valence-corrected chi connectivity index (χ4v) is 1.84. The quantitative estimate of drug-likeness (QED) is 0.560. The first-order valence-corrected chi connectivity index (χ1v) is 5.32. The number of hydrogen-bond donors (Lipinski definition) is 3. The van der Waals surface area contributed by atoms with Crippen LogP contribution in [0.3, 0.4) is 0 Å². The molecule has 7 nitrogen and oxygen atoms in total. The van der Waals surface area contributed by atoms with Crippen molar-refractivity contribution < 1.29 is 14.9 Å². The first-order chi connectivity index (χ1) is 8.02. The average Bonchev–Trinajstić information content (AvgIpc) is 2.65. The van der Waals surface area contributed by atoms with Gasteiger partial charge < -0.3 is 20.7 Å². The first-order valence-electron chi connectivity index (χ1n) is 5.32. The second-order valence-corrected chi connectivity index (χ2v) is 4.11. The van der Waals surface area contributed by atoms with Crippen LogP contribution in [0.5, 0.6) is 0 Å². The van der Waals surface area contributed by atoms with E-state index in [0.29, 0.717) is 5.56 Å². The summed E-state index contributed by atoms with van der Waals surface area (Å²) in [5.74, 6) is 0.184. The van der Waals surface area contributed by atoms with Gasteiger partial charge in [0.1, 0.15) is 18.1 Å². The molecule has 1 aromatic heterocycles. The zero-order chi connectivity index (χ0) is 12.6. The molecule has 1 aliphatic rings. The Labute approximate surface area is 97.5 Å². The fourth-order valence-electron chi connectivity index (χ4n) is 1.84. The molecule has 94 valence electrons. The number of ether oxygens (including phenoxy) is 1. The van der Waals surface area contributed by atoms with Crippen LogP contribution in [-0.2, 0) is 4.74 Å². The van der Waals surface area contributed by atoms with E-state index in [1.807, 2.05) is 0 Å². The van der Waals surface area contributed by atoms with Gasteiger partial charge in [-0.1, -0.05) is 0 Å². The summed E-state index contributed by atoms with van der Waals surface area (Å²) >= 11 is 0. The number of aliphatic hydroxyl groups excluding tert-OH is 2. The molecule has 7 heteroatoms. The van der Waals surface area contributed by atoms with Gasteiger partial charge in [-0.25, -0.2) is 4.79 Å². The van der Waals surface area contributed by atoms with Crippen molar-refractivity contribution in [3.8, 4) is 0 Å². The molecule has 0 aliphatic carbocycles. The Balaban J connectivity index is 2.30. The van der Waals surface area contributed by atoms with Crippen molar-refractivity contribution in [2.75, 3.05) is 12.3 Å². The molecular weight excluding hydrogens is 227 g/mol. The Kier molecular flexibility index (Phi) is 3.14. The van der Waals surface area contributed by atoms with Crippen LogP contribution in [0, 0.1) is 6.92 Å². The summed E-state index contributed by atoms with van der Waals surface area (Å²) in [4.78, 5) is 15.3. The number of aryl methyl sites for hydroxylation is 1. The summed E-state index contributed by atoms with van der Waals surface area (Å²) in [6.45, 7) is 1.45. The molecule has 1 saturated heterocycles. The van der Waals surface area contributed by atoms with Gasteiger partial charge in [0, 0.05) is 18.2 Å². The van der Waals surface area contributed by atoms with Crippen LogP contribution < -0.4 is 11.4 Å². The van der Waals surface area contributed by atoms with Crippen molar-refractivity contribution in [1.29, 1.82) is 0 Å². The normalized spacial score (nSPS) is 28.5. The topological polar surface area (TPSA) is 111 Å². The predicted molar refractivity (Wildman–Crippen MR) is 59.3 cm³/mol. The summed E-state index contributed by atoms with van der Waals surface area (Å²) in [7, 11) is 0. The summed E-state index contributed by atoms with van der Waals surface area (Å²) < 4.78 is 6.65. The number of aromatic nitrogens is 2. The highest BCUT2D eigenvalue weighted by molar-refractivity contribution is 5.35. The maximum Gasteiger partial charge on any atom is 0.351 e. The highest BCUT2D eigenvalue weighted by atomic mass is 16.6. The van der Waals surface area contributed by atoms with Gasteiger partial charge in [-0.05, 0) is 6.92 Å². The Morgan fingerprint density at radius 1 is 1.71 bits per heavy atom. The van der Waals surface area contributed by atoms with Crippen molar-refractivity contribution in [2.45, 2.75) is 31.8 Å². The monoisotopic (exact) mass is 242 g/mol. The fraction of sp³-hybridized carbons (Fsp3) is 0.600. The molecule has 0 aromatic carbocycles. The van der Waals surface area contributed by atoms with Crippen molar-refractivity contribution in [1.82, 2.24) is 9.55 Å². The molecule has 0 saturated carbocycles. The standard InChI is InChI=1S/C10H15N3O4/c1-5-3-13(10(16)12-9(5)11)8-2-6(15)7(4-14)17-8/h3,6-8,14-15H,2,4H2,1H3,(H2,11,12,16)/t6-,7+,8+/m0/s1/i8+1. The van der Waals surface area contributed by atoms with E-state index in [4.69, 9.17) is 15.6 Å². The van der Waals surface area contributed by atoms with E-state index in [9.17, 15) is 9.90 Å². The van der Waals surface area contributed by atoms with Gasteiger partial charge in [0.25, 0.3) is 0 Å². The van der Waals surface area contributed by atoms with Crippen LogP contribution in [-0.4, -0.2) is 38.6 Å². The number of nitrogen functional groups attached to an aromatic ring is 1. The van der Waals surface area contributed by atoms with E-state index in [1.165, 1.54) is 4.57 Å². The third kappa shape index (κ3) is 2.17. The molecule has 3 atom stereocenters. The lowest BCUT2D eigenvalue weighted by Crippen LogP contribution is -2.28. The average molecular weight is 242 g/mol. The maximum atomic E-state index is 11.6. The molecule has 0 amide bonds. The van der Waals surface area contributed by atoms with Crippen LogP contribution >= 0.6 is 0 Å². The third-order valence-corrected chi connectivity index (χ3v) is 2.87. The zero-order valence-electron chi connectivity index (χ0n) is 9.41. The lowest BCUT2D eigenvalue weighted by atomic mass is 10.2. The van der Waals surface area contributed by atoms with Gasteiger partial charge in [0.2, 0.25) is 0 Å². The Morgan fingerprint density at radius 3 is 3.00 bits per heavy atom. The lowest BCUT2D eigenvalue weighted by molar-refractivity contribution is -0.0459. The SMILES string of the molecule is Cc1cn([13C@H]2C[C@H](O)[C@@H](CO)O2)c(=O)nc1N. The summed E-state index contributed by atoms with van der Waals surface area (Å²) in [5, 5.41) is 18.6. The molecule has 0 bridgehead atoms. The zero-order valence-corrected chi connectivity index (χ0v) is 9.41. The van der Waals surface area contributed by atoms with Gasteiger partial charge in [0.15, 0.2) is 0 Å². The van der Waals surface area contributed by atoms with E-state index >= 15 is 0 Å². The second kappa shape index (κ2) is 4.44. The number of rotatable bonds is 2. The number of nitrogens with zero attached hydrogens (tertiary/aromatic N) is 2. The first kappa shape index (κ1) is 12.0. The van der Waals surface area contributed by atoms with E-state index in [0.717, 1.165) is 0 Å².